The van der Waals surface area contributed by atoms with Crippen LogP contribution in [0.15, 0.2) is 0 Å². The molecule has 0 bridgehead atoms. The highest BCUT2D eigenvalue weighted by Gasteiger charge is 2.26. The Kier molecular flexibility index (Phi) is 8.88. The van der Waals surface area contributed by atoms with Crippen molar-refractivity contribution in [2.45, 2.75) is 51.4 Å². The molecule has 1 atom stereocenters. The highest BCUT2D eigenvalue weighted by Crippen LogP contribution is 2.19. The number of likely N-dealkylation sites (tertiary alicyclic amines) is 1. The fourth-order valence-corrected chi connectivity index (χ4v) is 3.76. The van der Waals surface area contributed by atoms with E-state index in [-0.39, 0.29) is 30.2 Å². The minimum atomic E-state index is -0.102. The number of carbonyl (C=O) groups excluding carboxylic acids is 3. The molecule has 2 heterocycles. The monoisotopic (exact) mass is 367 g/mol. The Morgan fingerprint density at radius 1 is 1.00 bits per heavy atom. The summed E-state index contributed by atoms with van der Waals surface area (Å²) in [5, 5.41) is 2.89. The Morgan fingerprint density at radius 2 is 1.69 bits per heavy atom. The van der Waals surface area contributed by atoms with Gasteiger partial charge in [0, 0.05) is 52.2 Å². The first-order chi connectivity index (χ1) is 12.6. The molecule has 26 heavy (non-hydrogen) atoms. The van der Waals surface area contributed by atoms with Crippen LogP contribution in [0.4, 0.5) is 0 Å². The molecule has 2 fully saturated rings. The zero-order valence-electron chi connectivity index (χ0n) is 16.0. The van der Waals surface area contributed by atoms with Gasteiger partial charge in [-0.2, -0.15) is 0 Å². The minimum Gasteiger partial charge on any atom is -0.375 e. The molecule has 0 aromatic rings. The van der Waals surface area contributed by atoms with Crippen molar-refractivity contribution in [2.75, 3.05) is 46.4 Å². The van der Waals surface area contributed by atoms with Crippen LogP contribution in [0.1, 0.15) is 51.4 Å². The number of ether oxygens (including phenoxy) is 1. The number of methoxy groups -OCH3 is 1. The Hall–Kier alpha value is -1.63. The van der Waals surface area contributed by atoms with E-state index >= 15 is 0 Å². The second kappa shape index (κ2) is 11.2. The van der Waals surface area contributed by atoms with E-state index in [4.69, 9.17) is 4.74 Å². The van der Waals surface area contributed by atoms with E-state index in [1.54, 1.807) is 4.90 Å². The summed E-state index contributed by atoms with van der Waals surface area (Å²) in [6, 6.07) is 0. The van der Waals surface area contributed by atoms with E-state index in [1.165, 1.54) is 20.0 Å². The van der Waals surface area contributed by atoms with Gasteiger partial charge < -0.3 is 19.9 Å². The van der Waals surface area contributed by atoms with Crippen molar-refractivity contribution in [3.63, 3.8) is 0 Å². The molecule has 7 nitrogen and oxygen atoms in total. The average Bonchev–Trinajstić information content (AvgIpc) is 2.92. The van der Waals surface area contributed by atoms with Crippen molar-refractivity contribution in [2.24, 2.45) is 5.92 Å². The molecule has 0 radical (unpaired) electrons. The van der Waals surface area contributed by atoms with Gasteiger partial charge in [0.15, 0.2) is 0 Å². The number of carbonyl (C=O) groups is 3. The van der Waals surface area contributed by atoms with Crippen molar-refractivity contribution < 1.29 is 19.1 Å². The van der Waals surface area contributed by atoms with Crippen molar-refractivity contribution in [1.82, 2.24) is 15.1 Å². The van der Waals surface area contributed by atoms with E-state index in [0.29, 0.717) is 32.5 Å². The third-order valence-corrected chi connectivity index (χ3v) is 5.29. The summed E-state index contributed by atoms with van der Waals surface area (Å²) in [7, 11) is 1.49. The van der Waals surface area contributed by atoms with Crippen LogP contribution in [-0.2, 0) is 19.1 Å². The van der Waals surface area contributed by atoms with Gasteiger partial charge in [0.2, 0.25) is 17.7 Å². The SMILES string of the molecule is COCC(=O)N1CCCC(C(=O)N2CCCCCC2)CCNC(=O)CC1. The largest absolute Gasteiger partial charge is 0.375 e. The fourth-order valence-electron chi connectivity index (χ4n) is 3.76. The quantitative estimate of drug-likeness (QED) is 0.812. The topological polar surface area (TPSA) is 79.0 Å². The molecule has 1 unspecified atom stereocenters. The zero-order chi connectivity index (χ0) is 18.8. The first kappa shape index (κ1) is 20.7. The molecule has 2 saturated heterocycles. The van der Waals surface area contributed by atoms with Crippen LogP contribution >= 0.6 is 0 Å². The lowest BCUT2D eigenvalue weighted by Crippen LogP contribution is -2.38. The fraction of sp³-hybridized carbons (Fsp3) is 0.842. The van der Waals surface area contributed by atoms with Gasteiger partial charge in [0.05, 0.1) is 0 Å². The van der Waals surface area contributed by atoms with Crippen molar-refractivity contribution >= 4 is 17.7 Å². The van der Waals surface area contributed by atoms with Crippen LogP contribution < -0.4 is 5.32 Å². The van der Waals surface area contributed by atoms with Gasteiger partial charge in [-0.1, -0.05) is 12.8 Å². The Morgan fingerprint density at radius 3 is 2.38 bits per heavy atom. The Balaban J connectivity index is 1.98. The molecule has 2 aliphatic rings. The number of amides is 3. The third-order valence-electron chi connectivity index (χ3n) is 5.29. The molecule has 148 valence electrons. The summed E-state index contributed by atoms with van der Waals surface area (Å²) in [6.45, 7) is 3.21. The highest BCUT2D eigenvalue weighted by atomic mass is 16.5. The molecule has 0 saturated carbocycles. The number of hydrogen-bond acceptors (Lipinski definition) is 4. The maximum Gasteiger partial charge on any atom is 0.248 e. The molecule has 0 aromatic carbocycles. The maximum absolute atomic E-state index is 13.0. The lowest BCUT2D eigenvalue weighted by Gasteiger charge is -2.27. The predicted octanol–water partition coefficient (Wildman–Crippen LogP) is 1.17. The van der Waals surface area contributed by atoms with Crippen LogP contribution in [0.2, 0.25) is 0 Å². The average molecular weight is 367 g/mol. The minimum absolute atomic E-state index is 0.0256. The molecule has 2 aliphatic heterocycles. The van der Waals surface area contributed by atoms with Gasteiger partial charge in [-0.05, 0) is 32.1 Å². The second-order valence-electron chi connectivity index (χ2n) is 7.28. The van der Waals surface area contributed by atoms with Gasteiger partial charge in [-0.15, -0.1) is 0 Å². The lowest BCUT2D eigenvalue weighted by molar-refractivity contribution is -0.136. The van der Waals surface area contributed by atoms with Crippen LogP contribution in [-0.4, -0.2) is 74.0 Å². The molecule has 7 heteroatoms. The van der Waals surface area contributed by atoms with E-state index in [2.05, 4.69) is 5.32 Å². The Labute approximate surface area is 156 Å². The van der Waals surface area contributed by atoms with Crippen molar-refractivity contribution in [3.8, 4) is 0 Å². The van der Waals surface area contributed by atoms with Crippen LogP contribution in [0.3, 0.4) is 0 Å². The summed E-state index contributed by atoms with van der Waals surface area (Å²) in [6.07, 6.45) is 7.04. The smallest absolute Gasteiger partial charge is 0.248 e. The molecule has 0 aliphatic carbocycles. The molecule has 0 spiro atoms. The van der Waals surface area contributed by atoms with E-state index in [0.717, 1.165) is 38.8 Å². The van der Waals surface area contributed by atoms with Crippen molar-refractivity contribution in [1.29, 1.82) is 0 Å². The standard InChI is InChI=1S/C19H33N3O4/c1-26-15-18(24)21-13-6-7-16(8-10-20-17(23)9-14-21)19(25)22-11-4-2-3-5-12-22/h16H,2-15H2,1H3,(H,20,23). The second-order valence-corrected chi connectivity index (χ2v) is 7.28. The Bertz CT molecular complexity index is 475. The first-order valence-electron chi connectivity index (χ1n) is 9.94. The molecular weight excluding hydrogens is 334 g/mol. The molecule has 2 rings (SSSR count). The number of nitrogens with one attached hydrogen (secondary N) is 1. The zero-order valence-corrected chi connectivity index (χ0v) is 16.0. The number of rotatable bonds is 3. The molecule has 3 amide bonds. The number of nitrogens with zero attached hydrogens (tertiary/aromatic N) is 2. The van der Waals surface area contributed by atoms with Crippen LogP contribution in [0.5, 0.6) is 0 Å². The normalized spacial score (nSPS) is 23.6. The van der Waals surface area contributed by atoms with Gasteiger partial charge in [0.1, 0.15) is 6.61 Å². The summed E-state index contributed by atoms with van der Waals surface area (Å²) in [4.78, 5) is 40.8. The highest BCUT2D eigenvalue weighted by molar-refractivity contribution is 5.80. The summed E-state index contributed by atoms with van der Waals surface area (Å²) >= 11 is 0. The van der Waals surface area contributed by atoms with E-state index < -0.39 is 0 Å². The predicted molar refractivity (Wildman–Crippen MR) is 98.5 cm³/mol. The van der Waals surface area contributed by atoms with E-state index in [1.807, 2.05) is 4.90 Å². The molecular formula is C19H33N3O4. The van der Waals surface area contributed by atoms with Gasteiger partial charge in [-0.25, -0.2) is 0 Å². The summed E-state index contributed by atoms with van der Waals surface area (Å²) < 4.78 is 4.93. The van der Waals surface area contributed by atoms with Gasteiger partial charge in [-0.3, -0.25) is 14.4 Å². The van der Waals surface area contributed by atoms with Crippen LogP contribution in [0.25, 0.3) is 0 Å². The molecule has 0 aromatic heterocycles. The lowest BCUT2D eigenvalue weighted by atomic mass is 9.97. The van der Waals surface area contributed by atoms with Gasteiger partial charge >= 0.3 is 0 Å². The maximum atomic E-state index is 13.0. The third kappa shape index (κ3) is 6.59. The summed E-state index contributed by atoms with van der Waals surface area (Å²) in [5.74, 6) is -0.0286. The van der Waals surface area contributed by atoms with E-state index in [9.17, 15) is 14.4 Å². The summed E-state index contributed by atoms with van der Waals surface area (Å²) in [5.41, 5.74) is 0. The van der Waals surface area contributed by atoms with Crippen LogP contribution in [0, 0.1) is 5.92 Å². The van der Waals surface area contributed by atoms with Crippen molar-refractivity contribution in [3.05, 3.63) is 0 Å². The van der Waals surface area contributed by atoms with Gasteiger partial charge in [0.25, 0.3) is 0 Å². The number of hydrogen-bond donors (Lipinski definition) is 1. The first-order valence-corrected chi connectivity index (χ1v) is 9.94. The molecule has 1 N–H and O–H groups in total.